The molecule has 0 aliphatic heterocycles. The molecular formula is C11H15BrO4. The number of rotatable bonds is 5. The Morgan fingerprint density at radius 1 is 1.12 bits per heavy atom. The van der Waals surface area contributed by atoms with E-state index in [0.29, 0.717) is 28.1 Å². The van der Waals surface area contributed by atoms with Gasteiger partial charge in [-0.05, 0) is 0 Å². The predicted molar refractivity (Wildman–Crippen MR) is 64.9 cm³/mol. The molecule has 0 saturated heterocycles. The highest BCUT2D eigenvalue weighted by atomic mass is 79.9. The Bertz CT molecular complexity index is 329. The second kappa shape index (κ2) is 5.96. The van der Waals surface area contributed by atoms with E-state index in [4.69, 9.17) is 14.2 Å². The number of methoxy groups -OCH3 is 3. The van der Waals surface area contributed by atoms with Crippen LogP contribution in [0.1, 0.15) is 11.7 Å². The minimum atomic E-state index is -0.684. The van der Waals surface area contributed by atoms with Crippen LogP contribution in [-0.4, -0.2) is 31.8 Å². The summed E-state index contributed by atoms with van der Waals surface area (Å²) in [5.41, 5.74) is 0.614. The molecule has 16 heavy (non-hydrogen) atoms. The number of hydrogen-bond acceptors (Lipinski definition) is 4. The van der Waals surface area contributed by atoms with Crippen molar-refractivity contribution in [3.8, 4) is 17.2 Å². The molecule has 0 saturated carbocycles. The Labute approximate surface area is 103 Å². The van der Waals surface area contributed by atoms with E-state index >= 15 is 0 Å². The smallest absolute Gasteiger partial charge is 0.132 e. The number of aliphatic hydroxyl groups excluding tert-OH is 1. The van der Waals surface area contributed by atoms with Crippen LogP contribution in [0.4, 0.5) is 0 Å². The fourth-order valence-electron chi connectivity index (χ4n) is 1.44. The summed E-state index contributed by atoms with van der Waals surface area (Å²) >= 11 is 3.22. The minimum Gasteiger partial charge on any atom is -0.496 e. The number of benzene rings is 1. The Balaban J connectivity index is 3.31. The molecule has 1 aromatic carbocycles. The average molecular weight is 291 g/mol. The molecule has 0 aliphatic carbocycles. The molecule has 0 amide bonds. The molecule has 1 N–H and O–H groups in total. The van der Waals surface area contributed by atoms with Gasteiger partial charge in [0.15, 0.2) is 0 Å². The van der Waals surface area contributed by atoms with E-state index in [1.165, 1.54) is 0 Å². The molecule has 90 valence electrons. The van der Waals surface area contributed by atoms with Crippen LogP contribution in [0.3, 0.4) is 0 Å². The fourth-order valence-corrected chi connectivity index (χ4v) is 1.76. The molecule has 4 nitrogen and oxygen atoms in total. The Morgan fingerprint density at radius 3 is 1.94 bits per heavy atom. The van der Waals surface area contributed by atoms with Crippen molar-refractivity contribution in [3.63, 3.8) is 0 Å². The quantitative estimate of drug-likeness (QED) is 0.844. The van der Waals surface area contributed by atoms with Crippen molar-refractivity contribution in [2.24, 2.45) is 0 Å². The van der Waals surface area contributed by atoms with E-state index < -0.39 is 6.10 Å². The van der Waals surface area contributed by atoms with Gasteiger partial charge in [0.25, 0.3) is 0 Å². The summed E-state index contributed by atoms with van der Waals surface area (Å²) in [5, 5.41) is 10.3. The summed E-state index contributed by atoms with van der Waals surface area (Å²) in [6, 6.07) is 3.42. The van der Waals surface area contributed by atoms with Gasteiger partial charge in [-0.2, -0.15) is 0 Å². The van der Waals surface area contributed by atoms with Gasteiger partial charge in [-0.25, -0.2) is 0 Å². The summed E-state index contributed by atoms with van der Waals surface area (Å²) in [4.78, 5) is 0. The van der Waals surface area contributed by atoms with Crippen LogP contribution in [-0.2, 0) is 0 Å². The standard InChI is InChI=1S/C11H15BrO4/c1-14-7-4-9(15-2)11(8(13)6-12)10(5-7)16-3/h4-5,8,13H,6H2,1-3H3. The number of aliphatic hydroxyl groups is 1. The minimum absolute atomic E-state index is 0.409. The summed E-state index contributed by atoms with van der Waals surface area (Å²) in [7, 11) is 4.64. The molecule has 5 heteroatoms. The van der Waals surface area contributed by atoms with E-state index in [1.807, 2.05) is 0 Å². The molecule has 1 atom stereocenters. The van der Waals surface area contributed by atoms with Crippen LogP contribution in [0.2, 0.25) is 0 Å². The van der Waals surface area contributed by atoms with E-state index in [2.05, 4.69) is 15.9 Å². The monoisotopic (exact) mass is 290 g/mol. The highest BCUT2D eigenvalue weighted by Gasteiger charge is 2.19. The molecule has 0 aromatic heterocycles. The summed E-state index contributed by atoms with van der Waals surface area (Å²) < 4.78 is 15.5. The van der Waals surface area contributed by atoms with E-state index in [-0.39, 0.29) is 0 Å². The molecule has 1 unspecified atom stereocenters. The van der Waals surface area contributed by atoms with Crippen molar-refractivity contribution < 1.29 is 19.3 Å². The van der Waals surface area contributed by atoms with Crippen molar-refractivity contribution in [1.82, 2.24) is 0 Å². The highest BCUT2D eigenvalue weighted by molar-refractivity contribution is 9.09. The van der Waals surface area contributed by atoms with E-state index in [1.54, 1.807) is 33.5 Å². The lowest BCUT2D eigenvalue weighted by atomic mass is 10.1. The molecule has 1 rings (SSSR count). The van der Waals surface area contributed by atoms with Crippen molar-refractivity contribution >= 4 is 15.9 Å². The summed E-state index contributed by atoms with van der Waals surface area (Å²) in [6.45, 7) is 0. The third-order valence-corrected chi connectivity index (χ3v) is 2.85. The van der Waals surface area contributed by atoms with Gasteiger partial charge in [-0.3, -0.25) is 0 Å². The first-order chi connectivity index (χ1) is 7.67. The van der Waals surface area contributed by atoms with Crippen LogP contribution in [0.25, 0.3) is 0 Å². The van der Waals surface area contributed by atoms with Crippen LogP contribution in [0.15, 0.2) is 12.1 Å². The van der Waals surface area contributed by atoms with Gasteiger partial charge < -0.3 is 19.3 Å². The molecule has 1 aromatic rings. The van der Waals surface area contributed by atoms with Crippen molar-refractivity contribution in [2.75, 3.05) is 26.7 Å². The maximum absolute atomic E-state index is 9.87. The summed E-state index contributed by atoms with van der Waals surface area (Å²) in [5.74, 6) is 1.71. The maximum atomic E-state index is 9.87. The fraction of sp³-hybridized carbons (Fsp3) is 0.455. The van der Waals surface area contributed by atoms with Gasteiger partial charge in [0.2, 0.25) is 0 Å². The van der Waals surface area contributed by atoms with Gasteiger partial charge in [0.05, 0.1) is 33.0 Å². The van der Waals surface area contributed by atoms with Gasteiger partial charge in [-0.1, -0.05) is 15.9 Å². The molecule has 0 spiro atoms. The third-order valence-electron chi connectivity index (χ3n) is 2.23. The predicted octanol–water partition coefficient (Wildman–Crippen LogP) is 2.14. The van der Waals surface area contributed by atoms with E-state index in [0.717, 1.165) is 0 Å². The second-order valence-electron chi connectivity index (χ2n) is 3.12. The first-order valence-corrected chi connectivity index (χ1v) is 5.84. The SMILES string of the molecule is COc1cc(OC)c(C(O)CBr)c(OC)c1. The van der Waals surface area contributed by atoms with E-state index in [9.17, 15) is 5.11 Å². The third kappa shape index (κ3) is 2.59. The number of ether oxygens (including phenoxy) is 3. The molecule has 0 aliphatic rings. The van der Waals surface area contributed by atoms with Crippen molar-refractivity contribution in [3.05, 3.63) is 17.7 Å². The molecule has 0 fully saturated rings. The topological polar surface area (TPSA) is 47.9 Å². The Hall–Kier alpha value is -0.940. The first kappa shape index (κ1) is 13.1. The molecule has 0 bridgehead atoms. The summed E-state index contributed by atoms with van der Waals surface area (Å²) in [6.07, 6.45) is -0.684. The molecule has 0 heterocycles. The van der Waals surface area contributed by atoms with Crippen LogP contribution in [0.5, 0.6) is 17.2 Å². The Morgan fingerprint density at radius 2 is 1.62 bits per heavy atom. The first-order valence-electron chi connectivity index (χ1n) is 4.71. The van der Waals surface area contributed by atoms with Crippen LogP contribution < -0.4 is 14.2 Å². The lowest BCUT2D eigenvalue weighted by Gasteiger charge is -2.17. The maximum Gasteiger partial charge on any atom is 0.132 e. The average Bonchev–Trinajstić information content (AvgIpc) is 2.35. The van der Waals surface area contributed by atoms with Crippen LogP contribution >= 0.6 is 15.9 Å². The largest absolute Gasteiger partial charge is 0.496 e. The zero-order valence-corrected chi connectivity index (χ0v) is 11.1. The lowest BCUT2D eigenvalue weighted by Crippen LogP contribution is -2.05. The second-order valence-corrected chi connectivity index (χ2v) is 3.76. The zero-order valence-electron chi connectivity index (χ0n) is 9.49. The van der Waals surface area contributed by atoms with Gasteiger partial charge in [-0.15, -0.1) is 0 Å². The van der Waals surface area contributed by atoms with Gasteiger partial charge in [0.1, 0.15) is 17.2 Å². The van der Waals surface area contributed by atoms with Gasteiger partial charge in [0, 0.05) is 17.5 Å². The van der Waals surface area contributed by atoms with Gasteiger partial charge >= 0.3 is 0 Å². The number of alkyl halides is 1. The van der Waals surface area contributed by atoms with Crippen LogP contribution in [0, 0.1) is 0 Å². The normalized spacial score (nSPS) is 12.1. The molecular weight excluding hydrogens is 276 g/mol. The number of halogens is 1. The zero-order chi connectivity index (χ0) is 12.1. The van der Waals surface area contributed by atoms with Crippen molar-refractivity contribution in [1.29, 1.82) is 0 Å². The number of hydrogen-bond donors (Lipinski definition) is 1. The lowest BCUT2D eigenvalue weighted by molar-refractivity contribution is 0.194. The van der Waals surface area contributed by atoms with Crippen molar-refractivity contribution in [2.45, 2.75) is 6.10 Å². The highest BCUT2D eigenvalue weighted by Crippen LogP contribution is 2.38. The Kier molecular flexibility index (Phi) is 4.89. The molecule has 0 radical (unpaired) electrons.